The summed E-state index contributed by atoms with van der Waals surface area (Å²) in [5, 5.41) is 8.99. The number of likely N-dealkylation sites (tertiary alicyclic amines) is 1. The van der Waals surface area contributed by atoms with Crippen LogP contribution < -0.4 is 0 Å². The molecule has 1 atom stereocenters. The molecule has 0 aromatic carbocycles. The van der Waals surface area contributed by atoms with Crippen molar-refractivity contribution >= 4 is 23.2 Å². The summed E-state index contributed by atoms with van der Waals surface area (Å²) in [6.45, 7) is 1.04. The van der Waals surface area contributed by atoms with E-state index in [1.807, 2.05) is 12.1 Å². The first kappa shape index (κ1) is 15.8. The Morgan fingerprint density at radius 2 is 2.13 bits per heavy atom. The number of amides is 1. The Morgan fingerprint density at radius 1 is 1.35 bits per heavy atom. The Bertz CT molecular complexity index is 720. The van der Waals surface area contributed by atoms with Crippen molar-refractivity contribution in [3.05, 3.63) is 45.5 Å². The minimum atomic E-state index is -1.01. The number of carbonyl (C=O) groups excluding carboxylic acids is 1. The summed E-state index contributed by atoms with van der Waals surface area (Å²) >= 11 is 1.01. The maximum Gasteiger partial charge on any atom is 0.345 e. The average molecular weight is 335 g/mol. The molecule has 1 N–H and O–H groups in total. The van der Waals surface area contributed by atoms with E-state index in [9.17, 15) is 9.59 Å². The lowest BCUT2D eigenvalue weighted by atomic mass is 10.1. The second-order valence-corrected chi connectivity index (χ2v) is 6.45. The Hall–Kier alpha value is -2.12. The summed E-state index contributed by atoms with van der Waals surface area (Å²) < 4.78 is 10.8. The Balaban J connectivity index is 1.79. The van der Waals surface area contributed by atoms with E-state index >= 15 is 0 Å². The summed E-state index contributed by atoms with van der Waals surface area (Å²) in [7, 11) is 1.60. The highest BCUT2D eigenvalue weighted by Crippen LogP contribution is 2.35. The summed E-state index contributed by atoms with van der Waals surface area (Å²) in [5.41, 5.74) is 0. The number of rotatable bonds is 5. The first-order chi connectivity index (χ1) is 11.1. The Morgan fingerprint density at radius 3 is 2.83 bits per heavy atom. The van der Waals surface area contributed by atoms with E-state index in [4.69, 9.17) is 14.3 Å². The van der Waals surface area contributed by atoms with Crippen LogP contribution in [0.15, 0.2) is 28.7 Å². The molecule has 2 aromatic rings. The first-order valence-electron chi connectivity index (χ1n) is 7.32. The lowest BCUT2D eigenvalue weighted by molar-refractivity contribution is 0.0700. The first-order valence-corrected chi connectivity index (χ1v) is 8.13. The van der Waals surface area contributed by atoms with Gasteiger partial charge in [0.25, 0.3) is 5.91 Å². The van der Waals surface area contributed by atoms with Crippen molar-refractivity contribution in [2.75, 3.05) is 13.7 Å². The van der Waals surface area contributed by atoms with Crippen LogP contribution in [0.5, 0.6) is 0 Å². The van der Waals surface area contributed by atoms with Crippen molar-refractivity contribution in [2.24, 2.45) is 0 Å². The van der Waals surface area contributed by atoms with Crippen molar-refractivity contribution in [3.8, 4) is 0 Å². The van der Waals surface area contributed by atoms with E-state index in [0.29, 0.717) is 18.0 Å². The van der Waals surface area contributed by atoms with E-state index in [2.05, 4.69) is 0 Å². The molecule has 3 heterocycles. The Kier molecular flexibility index (Phi) is 4.49. The highest BCUT2D eigenvalue weighted by Gasteiger charge is 2.33. The quantitative estimate of drug-likeness (QED) is 0.908. The van der Waals surface area contributed by atoms with Gasteiger partial charge in [0.1, 0.15) is 23.0 Å². The fourth-order valence-corrected chi connectivity index (χ4v) is 3.61. The molecule has 122 valence electrons. The molecular formula is C16H17NO5S. The van der Waals surface area contributed by atoms with Crippen LogP contribution in [0.1, 0.15) is 49.7 Å². The lowest BCUT2D eigenvalue weighted by Gasteiger charge is -2.22. The smallest absolute Gasteiger partial charge is 0.345 e. The molecule has 7 heteroatoms. The Labute approximate surface area is 137 Å². The highest BCUT2D eigenvalue weighted by molar-refractivity contribution is 7.15. The zero-order chi connectivity index (χ0) is 16.4. The molecule has 0 saturated carbocycles. The molecule has 1 aliphatic rings. The van der Waals surface area contributed by atoms with Gasteiger partial charge in [0.05, 0.1) is 10.9 Å². The lowest BCUT2D eigenvalue weighted by Crippen LogP contribution is -2.29. The number of thiophene rings is 1. The molecule has 0 spiro atoms. The van der Waals surface area contributed by atoms with Crippen LogP contribution in [0.3, 0.4) is 0 Å². The molecule has 23 heavy (non-hydrogen) atoms. The molecule has 2 aromatic heterocycles. The third kappa shape index (κ3) is 3.16. The summed E-state index contributed by atoms with van der Waals surface area (Å²) in [6.07, 6.45) is 1.73. The minimum absolute atomic E-state index is 0.108. The molecule has 1 saturated heterocycles. The number of carboxylic acids is 1. The van der Waals surface area contributed by atoms with Gasteiger partial charge >= 0.3 is 5.97 Å². The standard InChI is InChI=1S/C16H17NO5S/c1-21-9-10-4-5-12(22-10)11-3-2-8-17(11)15(18)13-6-7-14(23-13)16(19)20/h4-7,11H,2-3,8-9H2,1H3,(H,19,20). The van der Waals surface area contributed by atoms with E-state index in [1.165, 1.54) is 6.07 Å². The topological polar surface area (TPSA) is 80.0 Å². The number of nitrogens with zero attached hydrogens (tertiary/aromatic N) is 1. The van der Waals surface area contributed by atoms with Crippen molar-refractivity contribution in [1.82, 2.24) is 4.90 Å². The van der Waals surface area contributed by atoms with Crippen LogP contribution in [-0.4, -0.2) is 35.5 Å². The summed E-state index contributed by atoms with van der Waals surface area (Å²) in [4.78, 5) is 26.0. The summed E-state index contributed by atoms with van der Waals surface area (Å²) in [5.74, 6) is 0.320. The van der Waals surface area contributed by atoms with Gasteiger partial charge in [-0.25, -0.2) is 4.79 Å². The molecule has 3 rings (SSSR count). The average Bonchev–Trinajstić information content (AvgIpc) is 3.26. The maximum atomic E-state index is 12.7. The SMILES string of the molecule is COCc1ccc(C2CCCN2C(=O)c2ccc(C(=O)O)s2)o1. The van der Waals surface area contributed by atoms with Gasteiger partial charge in [0, 0.05) is 13.7 Å². The van der Waals surface area contributed by atoms with Crippen molar-refractivity contribution < 1.29 is 23.8 Å². The molecule has 0 radical (unpaired) electrons. The number of furan rings is 1. The number of ether oxygens (including phenoxy) is 1. The largest absolute Gasteiger partial charge is 0.477 e. The summed E-state index contributed by atoms with van der Waals surface area (Å²) in [6, 6.07) is 6.66. The van der Waals surface area contributed by atoms with Gasteiger partial charge in [-0.3, -0.25) is 4.79 Å². The van der Waals surface area contributed by atoms with Crippen molar-refractivity contribution in [3.63, 3.8) is 0 Å². The number of carboxylic acid groups (broad SMARTS) is 1. The van der Waals surface area contributed by atoms with Crippen LogP contribution in [0.25, 0.3) is 0 Å². The molecule has 0 aliphatic carbocycles. The van der Waals surface area contributed by atoms with E-state index in [-0.39, 0.29) is 16.8 Å². The molecule has 0 bridgehead atoms. The molecule has 1 aliphatic heterocycles. The van der Waals surface area contributed by atoms with Gasteiger partial charge in [-0.2, -0.15) is 0 Å². The van der Waals surface area contributed by atoms with E-state index < -0.39 is 5.97 Å². The van der Waals surface area contributed by atoms with Crippen LogP contribution in [0.2, 0.25) is 0 Å². The van der Waals surface area contributed by atoms with Gasteiger partial charge < -0.3 is 19.2 Å². The normalized spacial score (nSPS) is 17.6. The van der Waals surface area contributed by atoms with Gasteiger partial charge in [0.2, 0.25) is 0 Å². The predicted molar refractivity (Wildman–Crippen MR) is 83.7 cm³/mol. The second-order valence-electron chi connectivity index (χ2n) is 5.36. The van der Waals surface area contributed by atoms with Gasteiger partial charge in [-0.15, -0.1) is 11.3 Å². The molecule has 1 amide bonds. The molecule has 6 nitrogen and oxygen atoms in total. The molecule has 1 unspecified atom stereocenters. The van der Waals surface area contributed by atoms with Crippen LogP contribution >= 0.6 is 11.3 Å². The molecule has 1 fully saturated rings. The number of methoxy groups -OCH3 is 1. The zero-order valence-corrected chi connectivity index (χ0v) is 13.5. The van der Waals surface area contributed by atoms with Crippen LogP contribution in [0, 0.1) is 0 Å². The predicted octanol–water partition coefficient (Wildman–Crippen LogP) is 3.16. The number of hydrogen-bond donors (Lipinski definition) is 1. The highest BCUT2D eigenvalue weighted by atomic mass is 32.1. The van der Waals surface area contributed by atoms with Crippen molar-refractivity contribution in [2.45, 2.75) is 25.5 Å². The monoisotopic (exact) mass is 335 g/mol. The van der Waals surface area contributed by atoms with Crippen LogP contribution in [0.4, 0.5) is 0 Å². The van der Waals surface area contributed by atoms with E-state index in [1.54, 1.807) is 18.1 Å². The van der Waals surface area contributed by atoms with Gasteiger partial charge in [-0.1, -0.05) is 0 Å². The van der Waals surface area contributed by atoms with Gasteiger partial charge in [0.15, 0.2) is 0 Å². The fourth-order valence-electron chi connectivity index (χ4n) is 2.81. The minimum Gasteiger partial charge on any atom is -0.477 e. The van der Waals surface area contributed by atoms with E-state index in [0.717, 1.165) is 35.7 Å². The second kappa shape index (κ2) is 6.55. The maximum absolute atomic E-state index is 12.7. The third-order valence-corrected chi connectivity index (χ3v) is 4.90. The van der Waals surface area contributed by atoms with Crippen molar-refractivity contribution in [1.29, 1.82) is 0 Å². The third-order valence-electron chi connectivity index (χ3n) is 3.84. The number of carbonyl (C=O) groups is 2. The fraction of sp³-hybridized carbons (Fsp3) is 0.375. The number of hydrogen-bond acceptors (Lipinski definition) is 5. The number of aromatic carboxylic acids is 1. The zero-order valence-electron chi connectivity index (χ0n) is 12.7. The van der Waals surface area contributed by atoms with Gasteiger partial charge in [-0.05, 0) is 37.1 Å². The van der Waals surface area contributed by atoms with Crippen LogP contribution in [-0.2, 0) is 11.3 Å². The molecular weight excluding hydrogens is 318 g/mol.